The van der Waals surface area contributed by atoms with Gasteiger partial charge in [-0.2, -0.15) is 0 Å². The fourth-order valence-electron chi connectivity index (χ4n) is 2.27. The van der Waals surface area contributed by atoms with Crippen molar-refractivity contribution in [3.05, 3.63) is 54.1 Å². The molecule has 3 rings (SSSR count). The first-order valence-corrected chi connectivity index (χ1v) is 7.63. The summed E-state index contributed by atoms with van der Waals surface area (Å²) in [7, 11) is 0. The molecule has 0 aliphatic carbocycles. The number of nitrogens with zero attached hydrogens (tertiary/aromatic N) is 3. The zero-order chi connectivity index (χ0) is 17.1. The number of phenols is 1. The van der Waals surface area contributed by atoms with Gasteiger partial charge in [0.2, 0.25) is 0 Å². The number of phenolic OH excluding ortho intramolecular Hbond substituents is 1. The number of rotatable bonds is 4. The highest BCUT2D eigenvalue weighted by molar-refractivity contribution is 5.89. The molecule has 1 N–H and O–H groups in total. The summed E-state index contributed by atoms with van der Waals surface area (Å²) in [5.41, 5.74) is 2.30. The molecular weight excluding hydrogens is 306 g/mol. The SMILES string of the molecule is CCC=C(C)C(=O)Oc1ccc(O)c(-n2nc3ccccc3n2)c1. The standard InChI is InChI=1S/C18H17N3O3/c1-3-6-12(2)18(23)24-13-9-10-17(22)16(11-13)21-19-14-7-4-5-8-15(14)20-21/h4-11,22H,3H2,1-2H3. The normalized spacial score (nSPS) is 11.7. The minimum Gasteiger partial charge on any atom is -0.506 e. The van der Waals surface area contributed by atoms with E-state index in [9.17, 15) is 9.90 Å². The van der Waals surface area contributed by atoms with Crippen molar-refractivity contribution in [1.29, 1.82) is 0 Å². The lowest BCUT2D eigenvalue weighted by molar-refractivity contribution is -0.130. The number of aromatic hydroxyl groups is 1. The fourth-order valence-corrected chi connectivity index (χ4v) is 2.27. The number of aromatic nitrogens is 3. The molecule has 0 saturated carbocycles. The van der Waals surface area contributed by atoms with Crippen molar-refractivity contribution in [2.75, 3.05) is 0 Å². The van der Waals surface area contributed by atoms with Crippen LogP contribution in [0.2, 0.25) is 0 Å². The number of carbonyl (C=O) groups excluding carboxylic acids is 1. The number of ether oxygens (including phenoxy) is 1. The first-order chi connectivity index (χ1) is 11.6. The zero-order valence-electron chi connectivity index (χ0n) is 13.4. The summed E-state index contributed by atoms with van der Waals surface area (Å²) in [5.74, 6) is -0.110. The van der Waals surface area contributed by atoms with E-state index < -0.39 is 5.97 Å². The fraction of sp³-hybridized carbons (Fsp3) is 0.167. The molecule has 0 bridgehead atoms. The Balaban J connectivity index is 1.94. The Hall–Kier alpha value is -3.15. The number of hydrogen-bond donors (Lipinski definition) is 1. The molecule has 2 aromatic carbocycles. The molecule has 3 aromatic rings. The third-order valence-corrected chi connectivity index (χ3v) is 3.49. The molecule has 0 unspecified atom stereocenters. The largest absolute Gasteiger partial charge is 0.506 e. The number of carbonyl (C=O) groups is 1. The van der Waals surface area contributed by atoms with Gasteiger partial charge in [-0.25, -0.2) is 4.79 Å². The lowest BCUT2D eigenvalue weighted by Gasteiger charge is -2.08. The molecule has 0 radical (unpaired) electrons. The summed E-state index contributed by atoms with van der Waals surface area (Å²) in [6.45, 7) is 3.65. The monoisotopic (exact) mass is 323 g/mol. The van der Waals surface area contributed by atoms with Crippen LogP contribution in [0.25, 0.3) is 16.7 Å². The summed E-state index contributed by atoms with van der Waals surface area (Å²) in [4.78, 5) is 13.3. The topological polar surface area (TPSA) is 77.2 Å². The van der Waals surface area contributed by atoms with E-state index in [1.54, 1.807) is 13.0 Å². The second-order valence-corrected chi connectivity index (χ2v) is 5.31. The predicted molar refractivity (Wildman–Crippen MR) is 90.2 cm³/mol. The van der Waals surface area contributed by atoms with Gasteiger partial charge in [-0.15, -0.1) is 15.0 Å². The van der Waals surface area contributed by atoms with E-state index in [-0.39, 0.29) is 5.75 Å². The van der Waals surface area contributed by atoms with Crippen LogP contribution in [0.4, 0.5) is 0 Å². The molecule has 6 nitrogen and oxygen atoms in total. The van der Waals surface area contributed by atoms with Crippen molar-refractivity contribution in [3.63, 3.8) is 0 Å². The highest BCUT2D eigenvalue weighted by atomic mass is 16.5. The molecule has 24 heavy (non-hydrogen) atoms. The third-order valence-electron chi connectivity index (χ3n) is 3.49. The van der Waals surface area contributed by atoms with Crippen LogP contribution in [-0.4, -0.2) is 26.1 Å². The van der Waals surface area contributed by atoms with Crippen LogP contribution < -0.4 is 4.74 Å². The Morgan fingerprint density at radius 3 is 2.50 bits per heavy atom. The van der Waals surface area contributed by atoms with Crippen LogP contribution in [0.15, 0.2) is 54.1 Å². The summed E-state index contributed by atoms with van der Waals surface area (Å²) in [6.07, 6.45) is 2.55. The molecule has 0 aliphatic heterocycles. The van der Waals surface area contributed by atoms with E-state index in [2.05, 4.69) is 10.2 Å². The van der Waals surface area contributed by atoms with E-state index in [0.29, 0.717) is 28.0 Å². The second kappa shape index (κ2) is 6.54. The van der Waals surface area contributed by atoms with Gasteiger partial charge in [0.1, 0.15) is 28.2 Å². The van der Waals surface area contributed by atoms with Gasteiger partial charge in [-0.05, 0) is 37.6 Å². The molecule has 0 atom stereocenters. The first-order valence-electron chi connectivity index (χ1n) is 7.63. The average Bonchev–Trinajstić information content (AvgIpc) is 3.00. The summed E-state index contributed by atoms with van der Waals surface area (Å²) in [6, 6.07) is 11.9. The Kier molecular flexibility index (Phi) is 4.29. The van der Waals surface area contributed by atoms with Gasteiger partial charge in [0.05, 0.1) is 0 Å². The summed E-state index contributed by atoms with van der Waals surface area (Å²) in [5, 5.41) is 18.7. The van der Waals surface area contributed by atoms with Gasteiger partial charge in [0.15, 0.2) is 0 Å². The Bertz CT molecular complexity index is 895. The van der Waals surface area contributed by atoms with Gasteiger partial charge < -0.3 is 9.84 Å². The molecule has 1 heterocycles. The lowest BCUT2D eigenvalue weighted by Crippen LogP contribution is -2.09. The number of esters is 1. The summed E-state index contributed by atoms with van der Waals surface area (Å²) >= 11 is 0. The van der Waals surface area contributed by atoms with Gasteiger partial charge >= 0.3 is 5.97 Å². The van der Waals surface area contributed by atoms with Crippen molar-refractivity contribution in [1.82, 2.24) is 15.0 Å². The minimum atomic E-state index is -0.424. The Morgan fingerprint density at radius 1 is 1.21 bits per heavy atom. The van der Waals surface area contributed by atoms with E-state index >= 15 is 0 Å². The average molecular weight is 323 g/mol. The molecule has 122 valence electrons. The number of hydrogen-bond acceptors (Lipinski definition) is 5. The van der Waals surface area contributed by atoms with Gasteiger partial charge in [-0.1, -0.05) is 25.1 Å². The van der Waals surface area contributed by atoms with Crippen LogP contribution in [-0.2, 0) is 4.79 Å². The first kappa shape index (κ1) is 15.7. The Labute approximate surface area is 139 Å². The van der Waals surface area contributed by atoms with Crippen LogP contribution >= 0.6 is 0 Å². The number of benzene rings is 2. The predicted octanol–water partition coefficient (Wildman–Crippen LogP) is 3.39. The quantitative estimate of drug-likeness (QED) is 0.452. The van der Waals surface area contributed by atoms with Crippen LogP contribution in [0, 0.1) is 0 Å². The molecule has 0 aliphatic rings. The van der Waals surface area contributed by atoms with Gasteiger partial charge in [-0.3, -0.25) is 0 Å². The molecule has 0 amide bonds. The van der Waals surface area contributed by atoms with Crippen molar-refractivity contribution in [2.24, 2.45) is 0 Å². The van der Waals surface area contributed by atoms with E-state index in [1.807, 2.05) is 31.2 Å². The van der Waals surface area contributed by atoms with Gasteiger partial charge in [0, 0.05) is 11.6 Å². The van der Waals surface area contributed by atoms with Crippen LogP contribution in [0.5, 0.6) is 11.5 Å². The van der Waals surface area contributed by atoms with E-state index in [1.165, 1.54) is 23.0 Å². The minimum absolute atomic E-state index is 0.00377. The van der Waals surface area contributed by atoms with Crippen molar-refractivity contribution >= 4 is 17.0 Å². The van der Waals surface area contributed by atoms with Crippen LogP contribution in [0.3, 0.4) is 0 Å². The molecule has 6 heteroatoms. The maximum atomic E-state index is 12.0. The smallest absolute Gasteiger partial charge is 0.338 e. The number of allylic oxidation sites excluding steroid dienone is 1. The van der Waals surface area contributed by atoms with E-state index in [4.69, 9.17) is 4.74 Å². The lowest BCUT2D eigenvalue weighted by atomic mass is 10.2. The molecule has 0 spiro atoms. The molecule has 0 saturated heterocycles. The van der Waals surface area contributed by atoms with E-state index in [0.717, 1.165) is 6.42 Å². The van der Waals surface area contributed by atoms with Crippen molar-refractivity contribution < 1.29 is 14.6 Å². The Morgan fingerprint density at radius 2 is 1.88 bits per heavy atom. The highest BCUT2D eigenvalue weighted by Crippen LogP contribution is 2.27. The molecular formula is C18H17N3O3. The van der Waals surface area contributed by atoms with Crippen LogP contribution in [0.1, 0.15) is 20.3 Å². The maximum Gasteiger partial charge on any atom is 0.338 e. The van der Waals surface area contributed by atoms with Gasteiger partial charge in [0.25, 0.3) is 0 Å². The van der Waals surface area contributed by atoms with Crippen molar-refractivity contribution in [3.8, 4) is 17.2 Å². The number of fused-ring (bicyclic) bond motifs is 1. The maximum absolute atomic E-state index is 12.0. The molecule has 1 aromatic heterocycles. The highest BCUT2D eigenvalue weighted by Gasteiger charge is 2.13. The third kappa shape index (κ3) is 3.12. The molecule has 0 fully saturated rings. The van der Waals surface area contributed by atoms with Crippen molar-refractivity contribution in [2.45, 2.75) is 20.3 Å². The second-order valence-electron chi connectivity index (χ2n) is 5.31. The zero-order valence-corrected chi connectivity index (χ0v) is 13.4. The summed E-state index contributed by atoms with van der Waals surface area (Å²) < 4.78 is 5.33.